The molecule has 1 aromatic heterocycles. The quantitative estimate of drug-likeness (QED) is 0.855. The third-order valence-corrected chi connectivity index (χ3v) is 3.86. The molecule has 18 heavy (non-hydrogen) atoms. The molecule has 0 amide bonds. The van der Waals surface area contributed by atoms with Crippen LogP contribution in [0.15, 0.2) is 27.5 Å². The number of methoxy groups -OCH3 is 1. The van der Waals surface area contributed by atoms with Gasteiger partial charge in [-0.05, 0) is 24.6 Å². The second-order valence-electron chi connectivity index (χ2n) is 4.51. The molecular weight excluding hydrogens is 296 g/mol. The Morgan fingerprint density at radius 3 is 3.17 bits per heavy atom. The van der Waals surface area contributed by atoms with Gasteiger partial charge in [-0.15, -0.1) is 0 Å². The van der Waals surface area contributed by atoms with Crippen molar-refractivity contribution in [2.45, 2.75) is 18.9 Å². The summed E-state index contributed by atoms with van der Waals surface area (Å²) in [5, 5.41) is 0.671. The van der Waals surface area contributed by atoms with Crippen LogP contribution in [0.25, 0.3) is 10.9 Å². The van der Waals surface area contributed by atoms with Crippen LogP contribution in [0.1, 0.15) is 18.3 Å². The lowest BCUT2D eigenvalue weighted by Gasteiger charge is -2.13. The Bertz CT molecular complexity index is 666. The Morgan fingerprint density at radius 2 is 2.39 bits per heavy atom. The lowest BCUT2D eigenvalue weighted by molar-refractivity contribution is 0.157. The topological polar surface area (TPSA) is 44.1 Å². The van der Waals surface area contributed by atoms with E-state index in [9.17, 15) is 4.79 Å². The number of rotatable bonds is 2. The first kappa shape index (κ1) is 11.9. The van der Waals surface area contributed by atoms with Crippen LogP contribution in [0.3, 0.4) is 0 Å². The first-order valence-corrected chi connectivity index (χ1v) is 6.69. The number of aromatic nitrogens is 2. The summed E-state index contributed by atoms with van der Waals surface area (Å²) in [6, 6.07) is 5.71. The molecule has 1 unspecified atom stereocenters. The van der Waals surface area contributed by atoms with Crippen molar-refractivity contribution >= 4 is 26.8 Å². The number of hydrogen-bond acceptors (Lipinski definition) is 3. The van der Waals surface area contributed by atoms with Gasteiger partial charge in [-0.1, -0.05) is 15.9 Å². The summed E-state index contributed by atoms with van der Waals surface area (Å²) >= 11 is 3.41. The fourth-order valence-electron chi connectivity index (χ4n) is 2.55. The number of ether oxygens (including phenoxy) is 1. The molecule has 5 heteroatoms. The number of aryl methyl sites for hydroxylation is 1. The van der Waals surface area contributed by atoms with Crippen molar-refractivity contribution in [2.24, 2.45) is 0 Å². The SMILES string of the molecule is COCC1CCc2nc3cc(Br)ccc3c(=O)n21. The molecule has 1 atom stereocenters. The zero-order valence-electron chi connectivity index (χ0n) is 10.0. The van der Waals surface area contributed by atoms with E-state index in [1.54, 1.807) is 11.7 Å². The molecule has 0 saturated heterocycles. The van der Waals surface area contributed by atoms with Crippen LogP contribution < -0.4 is 5.56 Å². The van der Waals surface area contributed by atoms with Gasteiger partial charge in [-0.3, -0.25) is 9.36 Å². The molecule has 1 aromatic carbocycles. The van der Waals surface area contributed by atoms with Crippen LogP contribution in [-0.4, -0.2) is 23.3 Å². The number of nitrogens with zero attached hydrogens (tertiary/aromatic N) is 2. The summed E-state index contributed by atoms with van der Waals surface area (Å²) in [6.45, 7) is 0.566. The zero-order chi connectivity index (χ0) is 12.7. The summed E-state index contributed by atoms with van der Waals surface area (Å²) in [4.78, 5) is 17.1. The monoisotopic (exact) mass is 308 g/mol. The maximum Gasteiger partial charge on any atom is 0.261 e. The highest BCUT2D eigenvalue weighted by molar-refractivity contribution is 9.10. The summed E-state index contributed by atoms with van der Waals surface area (Å²) in [5.74, 6) is 0.868. The van der Waals surface area contributed by atoms with Crippen molar-refractivity contribution in [3.05, 3.63) is 38.9 Å². The van der Waals surface area contributed by atoms with E-state index in [4.69, 9.17) is 4.74 Å². The van der Waals surface area contributed by atoms with Gasteiger partial charge in [-0.2, -0.15) is 0 Å². The average Bonchev–Trinajstić information content (AvgIpc) is 2.73. The minimum Gasteiger partial charge on any atom is -0.383 e. The third kappa shape index (κ3) is 1.78. The predicted octanol–water partition coefficient (Wildman–Crippen LogP) is 2.29. The van der Waals surface area contributed by atoms with E-state index in [-0.39, 0.29) is 11.6 Å². The first-order valence-electron chi connectivity index (χ1n) is 5.90. The van der Waals surface area contributed by atoms with Crippen LogP contribution in [0.4, 0.5) is 0 Å². The maximum absolute atomic E-state index is 12.5. The average molecular weight is 309 g/mol. The Labute approximate surface area is 113 Å². The highest BCUT2D eigenvalue weighted by Crippen LogP contribution is 2.25. The molecular formula is C13H13BrN2O2. The molecule has 1 aliphatic heterocycles. The summed E-state index contributed by atoms with van der Waals surface area (Å²) in [7, 11) is 1.66. The molecule has 0 bridgehead atoms. The van der Waals surface area contributed by atoms with E-state index in [1.165, 1.54) is 0 Å². The van der Waals surface area contributed by atoms with Crippen molar-refractivity contribution in [2.75, 3.05) is 13.7 Å². The Hall–Kier alpha value is -1.20. The summed E-state index contributed by atoms with van der Waals surface area (Å²) in [5.41, 5.74) is 0.806. The summed E-state index contributed by atoms with van der Waals surface area (Å²) in [6.07, 6.45) is 1.76. The molecule has 0 aliphatic carbocycles. The summed E-state index contributed by atoms with van der Waals surface area (Å²) < 4.78 is 7.91. The molecule has 2 heterocycles. The fraction of sp³-hybridized carbons (Fsp3) is 0.385. The van der Waals surface area contributed by atoms with Gasteiger partial charge < -0.3 is 4.74 Å². The molecule has 0 fully saturated rings. The third-order valence-electron chi connectivity index (χ3n) is 3.36. The van der Waals surface area contributed by atoms with E-state index in [1.807, 2.05) is 18.2 Å². The highest BCUT2D eigenvalue weighted by atomic mass is 79.9. The Balaban J connectivity index is 2.25. The maximum atomic E-state index is 12.5. The van der Waals surface area contributed by atoms with Crippen LogP contribution >= 0.6 is 15.9 Å². The van der Waals surface area contributed by atoms with E-state index in [0.717, 1.165) is 28.7 Å². The zero-order valence-corrected chi connectivity index (χ0v) is 11.6. The van der Waals surface area contributed by atoms with Crippen molar-refractivity contribution in [3.8, 4) is 0 Å². The number of fused-ring (bicyclic) bond motifs is 2. The van der Waals surface area contributed by atoms with Gasteiger partial charge in [0.2, 0.25) is 0 Å². The molecule has 94 valence electrons. The molecule has 3 rings (SSSR count). The largest absolute Gasteiger partial charge is 0.383 e. The molecule has 0 radical (unpaired) electrons. The predicted molar refractivity (Wildman–Crippen MR) is 72.9 cm³/mol. The van der Waals surface area contributed by atoms with E-state index < -0.39 is 0 Å². The van der Waals surface area contributed by atoms with Crippen molar-refractivity contribution in [1.82, 2.24) is 9.55 Å². The van der Waals surface area contributed by atoms with E-state index >= 15 is 0 Å². The Morgan fingerprint density at radius 1 is 1.56 bits per heavy atom. The molecule has 1 aliphatic rings. The van der Waals surface area contributed by atoms with Crippen LogP contribution in [0, 0.1) is 0 Å². The number of benzene rings is 1. The Kier molecular flexibility index (Phi) is 2.95. The smallest absolute Gasteiger partial charge is 0.261 e. The van der Waals surface area contributed by atoms with Crippen molar-refractivity contribution < 1.29 is 4.74 Å². The number of hydrogen-bond donors (Lipinski definition) is 0. The van der Waals surface area contributed by atoms with Crippen LogP contribution in [-0.2, 0) is 11.2 Å². The molecule has 0 saturated carbocycles. The normalized spacial score (nSPS) is 18.2. The van der Waals surface area contributed by atoms with Crippen molar-refractivity contribution in [3.63, 3.8) is 0 Å². The molecule has 0 N–H and O–H groups in total. The molecule has 4 nitrogen and oxygen atoms in total. The highest BCUT2D eigenvalue weighted by Gasteiger charge is 2.25. The lowest BCUT2D eigenvalue weighted by atomic mass is 10.2. The van der Waals surface area contributed by atoms with Gasteiger partial charge in [-0.25, -0.2) is 4.98 Å². The van der Waals surface area contributed by atoms with Gasteiger partial charge in [0.1, 0.15) is 5.82 Å². The second-order valence-corrected chi connectivity index (χ2v) is 5.43. The van der Waals surface area contributed by atoms with Crippen molar-refractivity contribution in [1.29, 1.82) is 0 Å². The van der Waals surface area contributed by atoms with Gasteiger partial charge in [0.25, 0.3) is 5.56 Å². The van der Waals surface area contributed by atoms with Gasteiger partial charge in [0.05, 0.1) is 23.6 Å². The van der Waals surface area contributed by atoms with Gasteiger partial charge in [0, 0.05) is 18.0 Å². The van der Waals surface area contributed by atoms with Crippen LogP contribution in [0.2, 0.25) is 0 Å². The second kappa shape index (κ2) is 4.48. The van der Waals surface area contributed by atoms with E-state index in [2.05, 4.69) is 20.9 Å². The molecule has 0 spiro atoms. The van der Waals surface area contributed by atoms with E-state index in [0.29, 0.717) is 12.0 Å². The van der Waals surface area contributed by atoms with Gasteiger partial charge in [0.15, 0.2) is 0 Å². The first-order chi connectivity index (χ1) is 8.70. The van der Waals surface area contributed by atoms with Gasteiger partial charge >= 0.3 is 0 Å². The molecule has 2 aromatic rings. The minimum absolute atomic E-state index is 0.0436. The lowest BCUT2D eigenvalue weighted by Crippen LogP contribution is -2.26. The fourth-order valence-corrected chi connectivity index (χ4v) is 2.90. The van der Waals surface area contributed by atoms with Crippen LogP contribution in [0.5, 0.6) is 0 Å². The standard InChI is InChI=1S/C13H13BrN2O2/c1-18-7-9-3-5-12-15-11-6-8(14)2-4-10(11)13(17)16(9)12/h2,4,6,9H,3,5,7H2,1H3. The minimum atomic E-state index is 0.0436. The number of halogens is 1.